The van der Waals surface area contributed by atoms with Gasteiger partial charge in [-0.3, -0.25) is 4.79 Å². The Balaban J connectivity index is 2.24. The van der Waals surface area contributed by atoms with Gasteiger partial charge in [0.2, 0.25) is 0 Å². The number of methoxy groups -OCH3 is 1. The summed E-state index contributed by atoms with van der Waals surface area (Å²) < 4.78 is 34.1. The minimum absolute atomic E-state index is 0.0273. The molecule has 0 aliphatic rings. The number of phenolic OH excluding ortho intramolecular Hbond substituents is 1. The van der Waals surface area contributed by atoms with Gasteiger partial charge >= 0.3 is 6.61 Å². The molecule has 0 saturated carbocycles. The third-order valence-corrected chi connectivity index (χ3v) is 3.32. The van der Waals surface area contributed by atoms with Crippen LogP contribution in [0.1, 0.15) is 15.9 Å². The molecule has 0 bridgehead atoms. The normalized spacial score (nSPS) is 11.0. The van der Waals surface area contributed by atoms with Crippen LogP contribution in [0.2, 0.25) is 5.02 Å². The molecule has 0 aliphatic heterocycles. The van der Waals surface area contributed by atoms with Crippen LogP contribution in [-0.4, -0.2) is 24.6 Å². The SMILES string of the molecule is COc1cc(C=CC(=O)c2ccc(O)cc2)cc(Cl)c1OC(F)F. The molecule has 0 atom stereocenters. The van der Waals surface area contributed by atoms with Gasteiger partial charge in [0.15, 0.2) is 17.3 Å². The molecule has 2 aromatic rings. The van der Waals surface area contributed by atoms with Gasteiger partial charge in [-0.25, -0.2) is 0 Å². The lowest BCUT2D eigenvalue weighted by Gasteiger charge is -2.12. The van der Waals surface area contributed by atoms with Crippen molar-refractivity contribution in [2.24, 2.45) is 0 Å². The van der Waals surface area contributed by atoms with Crippen LogP contribution in [0.25, 0.3) is 6.08 Å². The predicted molar refractivity (Wildman–Crippen MR) is 86.1 cm³/mol. The molecule has 0 radical (unpaired) electrons. The van der Waals surface area contributed by atoms with Crippen molar-refractivity contribution in [2.75, 3.05) is 7.11 Å². The zero-order valence-electron chi connectivity index (χ0n) is 12.5. The Morgan fingerprint density at radius 3 is 2.50 bits per heavy atom. The maximum Gasteiger partial charge on any atom is 0.387 e. The quantitative estimate of drug-likeness (QED) is 0.610. The molecule has 0 amide bonds. The fraction of sp³-hybridized carbons (Fsp3) is 0.118. The predicted octanol–water partition coefficient (Wildman–Crippen LogP) is 4.55. The first kappa shape index (κ1) is 17.7. The van der Waals surface area contributed by atoms with E-state index < -0.39 is 6.61 Å². The largest absolute Gasteiger partial charge is 0.508 e. The van der Waals surface area contributed by atoms with Gasteiger partial charge in [-0.1, -0.05) is 17.7 Å². The van der Waals surface area contributed by atoms with E-state index in [2.05, 4.69) is 4.74 Å². The summed E-state index contributed by atoms with van der Waals surface area (Å²) in [6.07, 6.45) is 2.76. The number of aromatic hydroxyl groups is 1. The monoisotopic (exact) mass is 354 g/mol. The number of ketones is 1. The van der Waals surface area contributed by atoms with Gasteiger partial charge in [0.25, 0.3) is 0 Å². The lowest BCUT2D eigenvalue weighted by atomic mass is 10.1. The van der Waals surface area contributed by atoms with E-state index in [1.165, 1.54) is 55.7 Å². The molecular weight excluding hydrogens is 342 g/mol. The summed E-state index contributed by atoms with van der Waals surface area (Å²) in [7, 11) is 1.29. The number of rotatable bonds is 6. The molecular formula is C17H13ClF2O4. The zero-order valence-corrected chi connectivity index (χ0v) is 13.3. The van der Waals surface area contributed by atoms with E-state index >= 15 is 0 Å². The second-order valence-corrected chi connectivity index (χ2v) is 5.06. The van der Waals surface area contributed by atoms with Crippen molar-refractivity contribution in [3.05, 3.63) is 58.6 Å². The van der Waals surface area contributed by atoms with Crippen LogP contribution in [0.4, 0.5) is 8.78 Å². The Morgan fingerprint density at radius 1 is 1.25 bits per heavy atom. The maximum atomic E-state index is 12.4. The fourth-order valence-electron chi connectivity index (χ4n) is 1.93. The Bertz CT molecular complexity index is 758. The minimum atomic E-state index is -3.03. The first-order valence-electron chi connectivity index (χ1n) is 6.74. The number of carbonyl (C=O) groups excluding carboxylic acids is 1. The van der Waals surface area contributed by atoms with E-state index in [0.717, 1.165) is 0 Å². The summed E-state index contributed by atoms with van der Waals surface area (Å²) in [6.45, 7) is -3.03. The van der Waals surface area contributed by atoms with Crippen LogP contribution in [0.15, 0.2) is 42.5 Å². The molecule has 4 nitrogen and oxygen atoms in total. The van der Waals surface area contributed by atoms with E-state index in [-0.39, 0.29) is 28.1 Å². The number of hydrogen-bond donors (Lipinski definition) is 1. The van der Waals surface area contributed by atoms with Crippen molar-refractivity contribution in [2.45, 2.75) is 6.61 Å². The van der Waals surface area contributed by atoms with Gasteiger partial charge < -0.3 is 14.6 Å². The van der Waals surface area contributed by atoms with Gasteiger partial charge in [0, 0.05) is 5.56 Å². The highest BCUT2D eigenvalue weighted by Crippen LogP contribution is 2.37. The highest BCUT2D eigenvalue weighted by molar-refractivity contribution is 6.32. The van der Waals surface area contributed by atoms with Crippen LogP contribution in [0, 0.1) is 0 Å². The standard InChI is InChI=1S/C17H13ClF2O4/c1-23-15-9-10(8-13(18)16(15)24-17(19)20)2-7-14(22)11-3-5-12(21)6-4-11/h2-9,17,21H,1H3. The topological polar surface area (TPSA) is 55.8 Å². The second kappa shape index (κ2) is 7.79. The molecule has 2 aromatic carbocycles. The molecule has 2 rings (SSSR count). The summed E-state index contributed by atoms with van der Waals surface area (Å²) in [5, 5.41) is 9.14. The Labute approximate surface area is 141 Å². The van der Waals surface area contributed by atoms with E-state index in [1.807, 2.05) is 0 Å². The molecule has 0 aromatic heterocycles. The van der Waals surface area contributed by atoms with Crippen LogP contribution in [-0.2, 0) is 0 Å². The Kier molecular flexibility index (Phi) is 5.76. The molecule has 24 heavy (non-hydrogen) atoms. The van der Waals surface area contributed by atoms with Gasteiger partial charge in [-0.2, -0.15) is 8.78 Å². The highest BCUT2D eigenvalue weighted by Gasteiger charge is 2.15. The first-order valence-corrected chi connectivity index (χ1v) is 7.12. The van der Waals surface area contributed by atoms with Gasteiger partial charge in [-0.15, -0.1) is 0 Å². The highest BCUT2D eigenvalue weighted by atomic mass is 35.5. The van der Waals surface area contributed by atoms with Crippen molar-refractivity contribution in [3.8, 4) is 17.2 Å². The average molecular weight is 355 g/mol. The van der Waals surface area contributed by atoms with Crippen LogP contribution in [0.5, 0.6) is 17.2 Å². The number of phenols is 1. The average Bonchev–Trinajstić information content (AvgIpc) is 2.55. The Hall–Kier alpha value is -2.60. The van der Waals surface area contributed by atoms with E-state index in [1.54, 1.807) is 0 Å². The molecule has 1 N–H and O–H groups in total. The van der Waals surface area contributed by atoms with E-state index in [9.17, 15) is 18.7 Å². The molecule has 0 heterocycles. The number of halogens is 3. The van der Waals surface area contributed by atoms with Crippen molar-refractivity contribution < 1.29 is 28.2 Å². The smallest absolute Gasteiger partial charge is 0.387 e. The van der Waals surface area contributed by atoms with Gasteiger partial charge in [0.05, 0.1) is 12.1 Å². The lowest BCUT2D eigenvalue weighted by Crippen LogP contribution is -2.04. The molecule has 0 spiro atoms. The number of carbonyl (C=O) groups is 1. The minimum Gasteiger partial charge on any atom is -0.508 e. The molecule has 0 aliphatic carbocycles. The van der Waals surface area contributed by atoms with Crippen LogP contribution < -0.4 is 9.47 Å². The summed E-state index contributed by atoms with van der Waals surface area (Å²) in [5.41, 5.74) is 0.866. The van der Waals surface area contributed by atoms with E-state index in [0.29, 0.717) is 11.1 Å². The number of alkyl halides is 2. The maximum absolute atomic E-state index is 12.4. The summed E-state index contributed by atoms with van der Waals surface area (Å²) in [6, 6.07) is 8.56. The van der Waals surface area contributed by atoms with E-state index in [4.69, 9.17) is 16.3 Å². The van der Waals surface area contributed by atoms with Crippen molar-refractivity contribution >= 4 is 23.5 Å². The van der Waals surface area contributed by atoms with Crippen molar-refractivity contribution in [1.29, 1.82) is 0 Å². The van der Waals surface area contributed by atoms with Gasteiger partial charge in [0.1, 0.15) is 5.75 Å². The molecule has 0 unspecified atom stereocenters. The van der Waals surface area contributed by atoms with Crippen LogP contribution in [0.3, 0.4) is 0 Å². The summed E-state index contributed by atoms with van der Waals surface area (Å²) >= 11 is 5.92. The fourth-order valence-corrected chi connectivity index (χ4v) is 2.20. The first-order chi connectivity index (χ1) is 11.4. The third kappa shape index (κ3) is 4.45. The number of allylic oxidation sites excluding steroid dienone is 1. The lowest BCUT2D eigenvalue weighted by molar-refractivity contribution is -0.0511. The van der Waals surface area contributed by atoms with Crippen molar-refractivity contribution in [1.82, 2.24) is 0 Å². The summed E-state index contributed by atoms with van der Waals surface area (Å²) in [4.78, 5) is 12.0. The number of ether oxygens (including phenoxy) is 2. The molecule has 126 valence electrons. The number of hydrogen-bond acceptors (Lipinski definition) is 4. The Morgan fingerprint density at radius 2 is 1.92 bits per heavy atom. The van der Waals surface area contributed by atoms with Gasteiger partial charge in [-0.05, 0) is 48.0 Å². The zero-order chi connectivity index (χ0) is 17.7. The van der Waals surface area contributed by atoms with Crippen LogP contribution >= 0.6 is 11.6 Å². The number of benzene rings is 2. The third-order valence-electron chi connectivity index (χ3n) is 3.04. The second-order valence-electron chi connectivity index (χ2n) is 4.66. The summed E-state index contributed by atoms with van der Waals surface area (Å²) in [5.74, 6) is -0.477. The molecule has 0 fully saturated rings. The molecule has 7 heteroatoms. The molecule has 0 saturated heterocycles. The van der Waals surface area contributed by atoms with Crippen molar-refractivity contribution in [3.63, 3.8) is 0 Å².